The summed E-state index contributed by atoms with van der Waals surface area (Å²) in [7, 11) is 0. The van der Waals surface area contributed by atoms with E-state index < -0.39 is 17.2 Å². The average molecular weight is 386 g/mol. The van der Waals surface area contributed by atoms with Gasteiger partial charge in [0.15, 0.2) is 0 Å². The van der Waals surface area contributed by atoms with Crippen LogP contribution in [0.1, 0.15) is 34.7 Å². The van der Waals surface area contributed by atoms with Crippen molar-refractivity contribution < 1.29 is 13.6 Å². The summed E-state index contributed by atoms with van der Waals surface area (Å²) in [6.45, 7) is 2.18. The molecular weight excluding hydrogens is 366 g/mol. The maximum absolute atomic E-state index is 13.9. The van der Waals surface area contributed by atoms with E-state index in [9.17, 15) is 18.4 Å². The minimum absolute atomic E-state index is 0.00349. The van der Waals surface area contributed by atoms with E-state index in [-0.39, 0.29) is 29.5 Å². The molecule has 1 amide bonds. The van der Waals surface area contributed by atoms with Crippen molar-refractivity contribution in [2.24, 2.45) is 5.92 Å². The number of nitrogens with one attached hydrogen (secondary N) is 1. The highest BCUT2D eigenvalue weighted by atomic mass is 19.1. The number of carbonyl (C=O) groups is 1. The molecule has 4 saturated heterocycles. The summed E-state index contributed by atoms with van der Waals surface area (Å²) < 4.78 is 27.8. The first-order chi connectivity index (χ1) is 13.5. The maximum atomic E-state index is 13.9. The number of hydrogen-bond donors (Lipinski definition) is 1. The number of fused-ring (bicyclic) bond motifs is 2. The topological polar surface area (TPSA) is 69.3 Å². The van der Waals surface area contributed by atoms with Crippen molar-refractivity contribution in [2.75, 3.05) is 19.6 Å². The van der Waals surface area contributed by atoms with Crippen LogP contribution in [0, 0.1) is 17.6 Å². The molecule has 3 atom stereocenters. The molecule has 4 aliphatic heterocycles. The molecule has 8 heteroatoms. The molecule has 146 valence electrons. The summed E-state index contributed by atoms with van der Waals surface area (Å²) in [5, 5.41) is 0. The van der Waals surface area contributed by atoms with Gasteiger partial charge in [-0.2, -0.15) is 0 Å². The summed E-state index contributed by atoms with van der Waals surface area (Å²) in [4.78, 5) is 35.7. The molecule has 0 unspecified atom stereocenters. The smallest absolute Gasteiger partial charge is 0.263 e. The third-order valence-corrected chi connectivity index (χ3v) is 6.52. The van der Waals surface area contributed by atoms with Gasteiger partial charge < -0.3 is 9.88 Å². The molecule has 6 rings (SSSR count). The predicted octanol–water partition coefficient (Wildman–Crippen LogP) is 1.75. The third kappa shape index (κ3) is 2.66. The van der Waals surface area contributed by atoms with Gasteiger partial charge in [-0.3, -0.25) is 14.5 Å². The predicted molar refractivity (Wildman–Crippen MR) is 96.9 cm³/mol. The van der Waals surface area contributed by atoms with Crippen molar-refractivity contribution in [1.29, 1.82) is 0 Å². The lowest BCUT2D eigenvalue weighted by molar-refractivity contribution is -0.00350. The van der Waals surface area contributed by atoms with Crippen molar-refractivity contribution >= 4 is 5.91 Å². The summed E-state index contributed by atoms with van der Waals surface area (Å²) >= 11 is 0. The largest absolute Gasteiger partial charge is 0.333 e. The number of carbonyl (C=O) groups excluding carboxylic acids is 1. The van der Waals surface area contributed by atoms with E-state index >= 15 is 0 Å². The Bertz CT molecular complexity index is 966. The zero-order valence-corrected chi connectivity index (χ0v) is 15.1. The zero-order chi connectivity index (χ0) is 19.4. The van der Waals surface area contributed by atoms with E-state index in [1.165, 1.54) is 24.7 Å². The van der Waals surface area contributed by atoms with Crippen LogP contribution in [0.15, 0.2) is 35.5 Å². The number of nitrogens with zero attached hydrogens (tertiary/aromatic N) is 3. The number of likely N-dealkylation sites (tertiary alicyclic amines) is 1. The standard InChI is InChI=1S/C20H20F2N4O2/c21-13-5-12(6-14(22)7-13)16-9-26(20(28)15-8-23-10-24-19(15)27)17-11-1-3-25(4-2-11)18(16)17/h5-8,10-11,16-18H,1-4,9H2,(H,23,24,27)/t16-,17+,18+/m0/s1. The minimum atomic E-state index is -0.615. The van der Waals surface area contributed by atoms with Crippen molar-refractivity contribution in [3.63, 3.8) is 0 Å². The Morgan fingerprint density at radius 1 is 1.11 bits per heavy atom. The third-order valence-electron chi connectivity index (χ3n) is 6.52. The first kappa shape index (κ1) is 17.5. The number of amides is 1. The number of halogens is 2. The van der Waals surface area contributed by atoms with E-state index in [1.807, 2.05) is 0 Å². The van der Waals surface area contributed by atoms with Gasteiger partial charge >= 0.3 is 0 Å². The van der Waals surface area contributed by atoms with Crippen LogP contribution in [0.25, 0.3) is 0 Å². The molecule has 4 aliphatic rings. The van der Waals surface area contributed by atoms with Crippen molar-refractivity contribution in [2.45, 2.75) is 30.8 Å². The normalized spacial score (nSPS) is 31.1. The fourth-order valence-corrected chi connectivity index (χ4v) is 5.39. The molecule has 0 saturated carbocycles. The summed E-state index contributed by atoms with van der Waals surface area (Å²) in [6.07, 6.45) is 4.50. The Morgan fingerprint density at radius 2 is 1.82 bits per heavy atom. The molecule has 0 spiro atoms. The van der Waals surface area contributed by atoms with Crippen LogP contribution in [0.2, 0.25) is 0 Å². The minimum Gasteiger partial charge on any atom is -0.333 e. The molecule has 2 aromatic rings. The van der Waals surface area contributed by atoms with Crippen molar-refractivity contribution in [3.05, 3.63) is 63.8 Å². The molecule has 6 nitrogen and oxygen atoms in total. The Balaban J connectivity index is 1.57. The van der Waals surface area contributed by atoms with Gasteiger partial charge in [0.2, 0.25) is 0 Å². The molecular formula is C20H20F2N4O2. The number of aromatic nitrogens is 2. The molecule has 28 heavy (non-hydrogen) atoms. The second-order valence-electron chi connectivity index (χ2n) is 7.92. The van der Waals surface area contributed by atoms with Crippen LogP contribution >= 0.6 is 0 Å². The second kappa shape index (κ2) is 6.48. The first-order valence-corrected chi connectivity index (χ1v) is 9.56. The molecule has 0 aliphatic carbocycles. The van der Waals surface area contributed by atoms with Gasteiger partial charge in [-0.15, -0.1) is 0 Å². The van der Waals surface area contributed by atoms with Crippen molar-refractivity contribution in [3.8, 4) is 0 Å². The number of rotatable bonds is 2. The van der Waals surface area contributed by atoms with Gasteiger partial charge in [-0.25, -0.2) is 13.8 Å². The van der Waals surface area contributed by atoms with Gasteiger partial charge in [0.25, 0.3) is 11.5 Å². The molecule has 1 aromatic heterocycles. The lowest BCUT2D eigenvalue weighted by atomic mass is 9.75. The van der Waals surface area contributed by atoms with Gasteiger partial charge in [-0.05, 0) is 49.5 Å². The zero-order valence-electron chi connectivity index (χ0n) is 15.1. The van der Waals surface area contributed by atoms with Crippen LogP contribution < -0.4 is 5.56 Å². The van der Waals surface area contributed by atoms with Crippen LogP contribution in [0.3, 0.4) is 0 Å². The van der Waals surface area contributed by atoms with E-state index in [0.717, 1.165) is 32.0 Å². The maximum Gasteiger partial charge on any atom is 0.263 e. The van der Waals surface area contributed by atoms with Crippen LogP contribution in [-0.2, 0) is 0 Å². The van der Waals surface area contributed by atoms with E-state index in [4.69, 9.17) is 0 Å². The first-order valence-electron chi connectivity index (χ1n) is 9.56. The van der Waals surface area contributed by atoms with E-state index in [2.05, 4.69) is 14.9 Å². The summed E-state index contributed by atoms with van der Waals surface area (Å²) in [6, 6.07) is 3.53. The molecule has 4 fully saturated rings. The van der Waals surface area contributed by atoms with E-state index in [1.54, 1.807) is 4.90 Å². The van der Waals surface area contributed by atoms with Crippen LogP contribution in [-0.4, -0.2) is 57.4 Å². The second-order valence-corrected chi connectivity index (χ2v) is 7.92. The Hall–Kier alpha value is -2.61. The number of hydrogen-bond acceptors (Lipinski definition) is 4. The summed E-state index contributed by atoms with van der Waals surface area (Å²) in [5.41, 5.74) is 0.0947. The molecule has 5 heterocycles. The fourth-order valence-electron chi connectivity index (χ4n) is 5.39. The lowest BCUT2D eigenvalue weighted by Crippen LogP contribution is -2.61. The highest BCUT2D eigenvalue weighted by Gasteiger charge is 2.55. The van der Waals surface area contributed by atoms with Crippen LogP contribution in [0.5, 0.6) is 0 Å². The number of aromatic amines is 1. The molecule has 0 radical (unpaired) electrons. The summed E-state index contributed by atoms with van der Waals surface area (Å²) in [5.74, 6) is -1.46. The van der Waals surface area contributed by atoms with Gasteiger partial charge in [0.1, 0.15) is 17.2 Å². The Morgan fingerprint density at radius 3 is 2.50 bits per heavy atom. The Kier molecular flexibility index (Phi) is 4.04. The van der Waals surface area contributed by atoms with Gasteiger partial charge in [0, 0.05) is 30.8 Å². The molecule has 1 aromatic carbocycles. The van der Waals surface area contributed by atoms with E-state index in [0.29, 0.717) is 18.0 Å². The monoisotopic (exact) mass is 386 g/mol. The van der Waals surface area contributed by atoms with Crippen LogP contribution in [0.4, 0.5) is 8.78 Å². The van der Waals surface area contributed by atoms with Gasteiger partial charge in [-0.1, -0.05) is 0 Å². The fraction of sp³-hybridized carbons (Fsp3) is 0.450. The lowest BCUT2D eigenvalue weighted by Gasteiger charge is -2.51. The van der Waals surface area contributed by atoms with Crippen molar-refractivity contribution in [1.82, 2.24) is 19.8 Å². The number of H-pyrrole nitrogens is 1. The molecule has 2 bridgehead atoms. The quantitative estimate of drug-likeness (QED) is 0.854. The Labute approximate surface area is 160 Å². The number of benzene rings is 1. The SMILES string of the molecule is O=C(c1cnc[nH]c1=O)N1C[C@@H](c2cc(F)cc(F)c2)[C@@H]2[C@H]1C1CCN2CC1. The molecule has 1 N–H and O–H groups in total. The van der Waals surface area contributed by atoms with Gasteiger partial charge in [0.05, 0.1) is 12.4 Å². The highest BCUT2D eigenvalue weighted by molar-refractivity contribution is 5.94. The number of piperidine rings is 3. The average Bonchev–Trinajstić information content (AvgIpc) is 3.11. The highest BCUT2D eigenvalue weighted by Crippen LogP contribution is 2.47.